The second-order valence-corrected chi connectivity index (χ2v) is 5.55. The highest BCUT2D eigenvalue weighted by Crippen LogP contribution is 2.24. The minimum Gasteiger partial charge on any atom is -0.388 e. The van der Waals surface area contributed by atoms with E-state index in [1.807, 2.05) is 0 Å². The zero-order valence-electron chi connectivity index (χ0n) is 11.8. The molecular weight excluding hydrogens is 304 g/mol. The van der Waals surface area contributed by atoms with Gasteiger partial charge in [-0.1, -0.05) is 0 Å². The van der Waals surface area contributed by atoms with Gasteiger partial charge in [-0.3, -0.25) is 0 Å². The van der Waals surface area contributed by atoms with E-state index in [1.54, 1.807) is 0 Å². The number of rotatable bonds is 3. The lowest BCUT2D eigenvalue weighted by Crippen LogP contribution is -2.60. The van der Waals surface area contributed by atoms with Crippen molar-refractivity contribution in [2.24, 2.45) is 0 Å². The van der Waals surface area contributed by atoms with E-state index >= 15 is 0 Å². The minimum atomic E-state index is -1.70. The maximum absolute atomic E-state index is 9.76. The maximum atomic E-state index is 9.76. The Kier molecular flexibility index (Phi) is 5.72. The number of hydrogen-bond acceptors (Lipinski definition) is 10. The maximum Gasteiger partial charge on any atom is 0.186 e. The Hall–Kier alpha value is -0.400. The SMILES string of the molecule is C[C@@H]1O[C@@H](OC[C@H]2O[C@H](O)[C@H](O)[C@@H](O)[C@@H]2O)[C@@H](O)[C@H](O)[C@@H]1O. The average Bonchev–Trinajstić information content (AvgIpc) is 2.49. The van der Waals surface area contributed by atoms with Gasteiger partial charge in [-0.05, 0) is 6.92 Å². The summed E-state index contributed by atoms with van der Waals surface area (Å²) in [4.78, 5) is 0. The van der Waals surface area contributed by atoms with Gasteiger partial charge in [0.1, 0.15) is 42.7 Å². The van der Waals surface area contributed by atoms with E-state index in [9.17, 15) is 35.7 Å². The molecule has 0 aromatic rings. The molecule has 2 aliphatic heterocycles. The van der Waals surface area contributed by atoms with Crippen LogP contribution in [0, 0.1) is 0 Å². The molecule has 0 saturated carbocycles. The monoisotopic (exact) mass is 326 g/mol. The first-order valence-electron chi connectivity index (χ1n) is 6.93. The van der Waals surface area contributed by atoms with Crippen LogP contribution >= 0.6 is 0 Å². The molecule has 2 saturated heterocycles. The highest BCUT2D eigenvalue weighted by molar-refractivity contribution is 4.90. The van der Waals surface area contributed by atoms with Crippen LogP contribution in [-0.2, 0) is 14.2 Å². The fourth-order valence-corrected chi connectivity index (χ4v) is 2.41. The normalized spacial score (nSPS) is 53.5. The summed E-state index contributed by atoms with van der Waals surface area (Å²) in [7, 11) is 0. The summed E-state index contributed by atoms with van der Waals surface area (Å²) < 4.78 is 15.3. The quantitative estimate of drug-likeness (QED) is 0.269. The van der Waals surface area contributed by atoms with Crippen LogP contribution in [0.2, 0.25) is 0 Å². The van der Waals surface area contributed by atoms with Crippen LogP contribution < -0.4 is 0 Å². The second-order valence-electron chi connectivity index (χ2n) is 5.55. The minimum absolute atomic E-state index is 0.390. The highest BCUT2D eigenvalue weighted by Gasteiger charge is 2.45. The molecule has 2 rings (SSSR count). The summed E-state index contributed by atoms with van der Waals surface area (Å²) in [6.45, 7) is 1.09. The Morgan fingerprint density at radius 2 is 1.32 bits per heavy atom. The molecule has 0 bridgehead atoms. The molecule has 10 nitrogen and oxygen atoms in total. The third kappa shape index (κ3) is 3.41. The van der Waals surface area contributed by atoms with Crippen molar-refractivity contribution in [1.82, 2.24) is 0 Å². The van der Waals surface area contributed by atoms with Gasteiger partial charge in [0.2, 0.25) is 0 Å². The Balaban J connectivity index is 1.92. The summed E-state index contributed by atoms with van der Waals surface area (Å²) in [5.41, 5.74) is 0. The van der Waals surface area contributed by atoms with Gasteiger partial charge in [-0.25, -0.2) is 0 Å². The van der Waals surface area contributed by atoms with E-state index in [2.05, 4.69) is 0 Å². The summed E-state index contributed by atoms with van der Waals surface area (Å²) in [6, 6.07) is 0. The molecule has 0 unspecified atom stereocenters. The van der Waals surface area contributed by atoms with Gasteiger partial charge in [0.05, 0.1) is 12.7 Å². The molecular formula is C12H22O10. The molecule has 2 heterocycles. The van der Waals surface area contributed by atoms with E-state index in [-0.39, 0.29) is 6.61 Å². The summed E-state index contributed by atoms with van der Waals surface area (Å²) in [5, 5.41) is 67.0. The van der Waals surface area contributed by atoms with Crippen LogP contribution in [-0.4, -0.2) is 104 Å². The zero-order valence-corrected chi connectivity index (χ0v) is 11.8. The Labute approximate surface area is 126 Å². The van der Waals surface area contributed by atoms with E-state index in [0.717, 1.165) is 0 Å². The first kappa shape index (κ1) is 17.9. The molecule has 2 fully saturated rings. The van der Waals surface area contributed by atoms with Gasteiger partial charge in [0.25, 0.3) is 0 Å². The van der Waals surface area contributed by atoms with Crippen LogP contribution in [0.15, 0.2) is 0 Å². The van der Waals surface area contributed by atoms with E-state index < -0.39 is 61.4 Å². The molecule has 0 aromatic heterocycles. The molecule has 10 heteroatoms. The van der Waals surface area contributed by atoms with Crippen molar-refractivity contribution >= 4 is 0 Å². The van der Waals surface area contributed by atoms with Crippen LogP contribution in [0.1, 0.15) is 6.92 Å². The molecule has 0 radical (unpaired) electrons. The first-order valence-corrected chi connectivity index (χ1v) is 6.93. The molecule has 0 aliphatic carbocycles. The van der Waals surface area contributed by atoms with Gasteiger partial charge in [-0.15, -0.1) is 0 Å². The Morgan fingerprint density at radius 1 is 0.727 bits per heavy atom. The van der Waals surface area contributed by atoms with Crippen LogP contribution in [0.3, 0.4) is 0 Å². The molecule has 130 valence electrons. The van der Waals surface area contributed by atoms with Gasteiger partial charge in [0.15, 0.2) is 12.6 Å². The standard InChI is InChI=1S/C12H22O10/c1-3-5(13)7(15)10(18)12(21-3)20-2-4-6(14)8(16)9(17)11(19)22-4/h3-19H,2H2,1H3/t3-,4+,5+,6+,7+,8-,9+,10-,11-,12+/m0/s1. The molecule has 10 atom stereocenters. The lowest BCUT2D eigenvalue weighted by atomic mass is 9.99. The largest absolute Gasteiger partial charge is 0.388 e. The molecule has 0 amide bonds. The van der Waals surface area contributed by atoms with Crippen molar-refractivity contribution in [2.75, 3.05) is 6.61 Å². The van der Waals surface area contributed by atoms with Crippen LogP contribution in [0.5, 0.6) is 0 Å². The van der Waals surface area contributed by atoms with E-state index in [4.69, 9.17) is 14.2 Å². The third-order valence-electron chi connectivity index (χ3n) is 3.92. The fourth-order valence-electron chi connectivity index (χ4n) is 2.41. The van der Waals surface area contributed by atoms with Gasteiger partial charge < -0.3 is 50.0 Å². The van der Waals surface area contributed by atoms with Gasteiger partial charge in [0, 0.05) is 0 Å². The zero-order chi connectivity index (χ0) is 16.6. The molecule has 7 N–H and O–H groups in total. The number of ether oxygens (including phenoxy) is 3. The van der Waals surface area contributed by atoms with Crippen LogP contribution in [0.4, 0.5) is 0 Å². The number of hydrogen-bond donors (Lipinski definition) is 7. The predicted octanol–water partition coefficient (Wildman–Crippen LogP) is -4.37. The van der Waals surface area contributed by atoms with Crippen molar-refractivity contribution < 1.29 is 50.0 Å². The molecule has 2 aliphatic rings. The van der Waals surface area contributed by atoms with Crippen LogP contribution in [0.25, 0.3) is 0 Å². The van der Waals surface area contributed by atoms with Gasteiger partial charge in [-0.2, -0.15) is 0 Å². The fraction of sp³-hybridized carbons (Fsp3) is 1.00. The lowest BCUT2D eigenvalue weighted by Gasteiger charge is -2.41. The Bertz CT molecular complexity index is 334. The van der Waals surface area contributed by atoms with Crippen molar-refractivity contribution in [2.45, 2.75) is 68.3 Å². The summed E-state index contributed by atoms with van der Waals surface area (Å²) in [5.74, 6) is 0. The number of aliphatic hydroxyl groups excluding tert-OH is 7. The van der Waals surface area contributed by atoms with Gasteiger partial charge >= 0.3 is 0 Å². The molecule has 22 heavy (non-hydrogen) atoms. The topological polar surface area (TPSA) is 169 Å². The second kappa shape index (κ2) is 7.01. The third-order valence-corrected chi connectivity index (χ3v) is 3.92. The van der Waals surface area contributed by atoms with Crippen molar-refractivity contribution in [3.05, 3.63) is 0 Å². The summed E-state index contributed by atoms with van der Waals surface area (Å²) >= 11 is 0. The average molecular weight is 326 g/mol. The predicted molar refractivity (Wildman–Crippen MR) is 67.2 cm³/mol. The number of aliphatic hydroxyl groups is 7. The van der Waals surface area contributed by atoms with E-state index in [1.165, 1.54) is 6.92 Å². The van der Waals surface area contributed by atoms with Crippen molar-refractivity contribution in [1.29, 1.82) is 0 Å². The van der Waals surface area contributed by atoms with Crippen molar-refractivity contribution in [3.63, 3.8) is 0 Å². The van der Waals surface area contributed by atoms with Crippen molar-refractivity contribution in [3.8, 4) is 0 Å². The Morgan fingerprint density at radius 3 is 1.95 bits per heavy atom. The lowest BCUT2D eigenvalue weighted by molar-refractivity contribution is -0.322. The highest BCUT2D eigenvalue weighted by atomic mass is 16.7. The van der Waals surface area contributed by atoms with E-state index in [0.29, 0.717) is 0 Å². The molecule has 0 aromatic carbocycles. The first-order chi connectivity index (χ1) is 10.2. The molecule has 0 spiro atoms. The summed E-state index contributed by atoms with van der Waals surface area (Å²) in [6.07, 6.45) is -14.0. The smallest absolute Gasteiger partial charge is 0.186 e.